The highest BCUT2D eigenvalue weighted by molar-refractivity contribution is 7.71. The predicted octanol–water partition coefficient (Wildman–Crippen LogP) is 5.36. The molecule has 0 radical (unpaired) electrons. The number of benzene rings is 1. The molecule has 1 rings (SSSR count). The van der Waals surface area contributed by atoms with Crippen molar-refractivity contribution >= 4 is 44.4 Å². The number of aryl methyl sites for hydroxylation is 3. The molecule has 0 N–H and O–H groups in total. The van der Waals surface area contributed by atoms with Crippen molar-refractivity contribution < 1.29 is 0 Å². The van der Waals surface area contributed by atoms with E-state index in [1.54, 1.807) is 6.08 Å². The van der Waals surface area contributed by atoms with Crippen LogP contribution in [0.25, 0.3) is 5.20 Å². The van der Waals surface area contributed by atoms with Crippen molar-refractivity contribution in [1.29, 1.82) is 0 Å². The van der Waals surface area contributed by atoms with E-state index in [4.69, 9.17) is 33.2 Å². The molecule has 0 aliphatic rings. The summed E-state index contributed by atoms with van der Waals surface area (Å²) in [4.78, 5) is 0. The maximum Gasteiger partial charge on any atom is 0.381 e. The lowest BCUT2D eigenvalue weighted by atomic mass is 9.99. The molecule has 92 valence electrons. The van der Waals surface area contributed by atoms with Crippen LogP contribution < -0.4 is 0 Å². The molecule has 0 saturated heterocycles. The summed E-state index contributed by atoms with van der Waals surface area (Å²) >= 11 is 18.4. The Bertz CT molecular complexity index is 469. The van der Waals surface area contributed by atoms with Crippen LogP contribution in [0.4, 0.5) is 0 Å². The maximum atomic E-state index is 6.15. The molecule has 0 atom stereocenters. The molecule has 0 spiro atoms. The van der Waals surface area contributed by atoms with Gasteiger partial charge < -0.3 is 0 Å². The maximum absolute atomic E-state index is 6.15. The van der Waals surface area contributed by atoms with Crippen molar-refractivity contribution in [3.63, 3.8) is 0 Å². The third kappa shape index (κ3) is 3.64. The van der Waals surface area contributed by atoms with Gasteiger partial charge in [0.05, 0.1) is 0 Å². The summed E-state index contributed by atoms with van der Waals surface area (Å²) in [6.07, 6.45) is 1.79. The molecule has 0 amide bonds. The van der Waals surface area contributed by atoms with E-state index in [2.05, 4.69) is 24.8 Å². The molecular weight excluding hydrogens is 291 g/mol. The molecule has 0 aliphatic heterocycles. The van der Waals surface area contributed by atoms with Gasteiger partial charge in [-0.05, 0) is 50.5 Å². The van der Waals surface area contributed by atoms with Crippen molar-refractivity contribution in [2.24, 2.45) is 0 Å². The largest absolute Gasteiger partial charge is 0.381 e. The molecule has 0 fully saturated rings. The van der Waals surface area contributed by atoms with Crippen LogP contribution >= 0.6 is 33.2 Å². The van der Waals surface area contributed by atoms with Gasteiger partial charge in [-0.1, -0.05) is 17.7 Å². The zero-order valence-corrected chi connectivity index (χ0v) is 13.6. The van der Waals surface area contributed by atoms with Crippen molar-refractivity contribution in [3.05, 3.63) is 46.2 Å². The van der Waals surface area contributed by atoms with E-state index in [0.29, 0.717) is 0 Å². The van der Waals surface area contributed by atoms with Crippen LogP contribution in [0.1, 0.15) is 29.2 Å². The van der Waals surface area contributed by atoms with Gasteiger partial charge >= 0.3 is 6.00 Å². The Hall–Kier alpha value is -0.173. The lowest BCUT2D eigenvalue weighted by molar-refractivity contribution is 1.30. The molecule has 1 aromatic rings. The second-order valence-electron chi connectivity index (χ2n) is 4.08. The topological polar surface area (TPSA) is 0 Å². The molecule has 4 heteroatoms. The number of halogens is 3. The van der Waals surface area contributed by atoms with Gasteiger partial charge in [0.2, 0.25) is 0 Å². The number of allylic oxidation sites excluding steroid dienone is 1. The van der Waals surface area contributed by atoms with Gasteiger partial charge in [-0.25, -0.2) is 0 Å². The lowest BCUT2D eigenvalue weighted by Crippen LogP contribution is -2.14. The molecule has 17 heavy (non-hydrogen) atoms. The minimum absolute atomic E-state index is 0.736. The standard InChI is InChI=1S/C13H15Cl3Si/c1-5-6-12(17(14,15)16)13-10(3)7-9(2)8-11(13)4/h5,7-8H,1-4H3. The molecule has 1 aromatic carbocycles. The summed E-state index contributed by atoms with van der Waals surface area (Å²) in [5.41, 5.74) is 7.60. The average molecular weight is 306 g/mol. The van der Waals surface area contributed by atoms with Crippen molar-refractivity contribution in [2.45, 2.75) is 27.7 Å². The average Bonchev–Trinajstić information content (AvgIpc) is 2.13. The van der Waals surface area contributed by atoms with Gasteiger partial charge in [0.1, 0.15) is 0 Å². The monoisotopic (exact) mass is 304 g/mol. The normalized spacial score (nSPS) is 11.0. The quantitative estimate of drug-likeness (QED) is 0.392. The SMILES string of the molecule is CC=C=C(c1c(C)cc(C)cc1C)[Si](Cl)(Cl)Cl. The first-order valence-corrected chi connectivity index (χ1v) is 10.4. The summed E-state index contributed by atoms with van der Waals surface area (Å²) in [6.45, 7) is 8.02. The van der Waals surface area contributed by atoms with E-state index < -0.39 is 6.00 Å². The zero-order chi connectivity index (χ0) is 13.2. The van der Waals surface area contributed by atoms with E-state index in [1.165, 1.54) is 5.56 Å². The van der Waals surface area contributed by atoms with Gasteiger partial charge in [-0.15, -0.1) is 39.0 Å². The van der Waals surface area contributed by atoms with E-state index in [-0.39, 0.29) is 0 Å². The minimum atomic E-state index is -2.94. The van der Waals surface area contributed by atoms with Crippen molar-refractivity contribution in [1.82, 2.24) is 0 Å². The highest BCUT2D eigenvalue weighted by atomic mass is 35.8. The fourth-order valence-corrected chi connectivity index (χ4v) is 4.34. The summed E-state index contributed by atoms with van der Waals surface area (Å²) in [5, 5.41) is 0.736. The molecule has 0 heterocycles. The Balaban J connectivity index is 3.57. The van der Waals surface area contributed by atoms with Crippen LogP contribution in [-0.2, 0) is 0 Å². The highest BCUT2D eigenvalue weighted by Crippen LogP contribution is 2.38. The molecule has 0 saturated carbocycles. The molecule has 0 bridgehead atoms. The molecule has 0 unspecified atom stereocenters. The second-order valence-corrected chi connectivity index (χ2v) is 12.4. The Morgan fingerprint density at radius 1 is 1.12 bits per heavy atom. The summed E-state index contributed by atoms with van der Waals surface area (Å²) in [7, 11) is 0. The van der Waals surface area contributed by atoms with Crippen LogP contribution in [0.5, 0.6) is 0 Å². The van der Waals surface area contributed by atoms with Gasteiger partial charge in [0, 0.05) is 5.20 Å². The summed E-state index contributed by atoms with van der Waals surface area (Å²) in [6, 6.07) is 1.27. The van der Waals surface area contributed by atoms with Crippen molar-refractivity contribution in [2.75, 3.05) is 0 Å². The van der Waals surface area contributed by atoms with Crippen LogP contribution in [-0.4, -0.2) is 6.00 Å². The molecule has 0 aromatic heterocycles. The fourth-order valence-electron chi connectivity index (χ4n) is 2.01. The Kier molecular flexibility index (Phi) is 4.94. The minimum Gasteiger partial charge on any atom is -0.122 e. The van der Waals surface area contributed by atoms with E-state index in [0.717, 1.165) is 21.9 Å². The summed E-state index contributed by atoms with van der Waals surface area (Å²) < 4.78 is 0. The number of hydrogen-bond donors (Lipinski definition) is 0. The Labute approximate surface area is 118 Å². The van der Waals surface area contributed by atoms with Crippen molar-refractivity contribution in [3.8, 4) is 0 Å². The molecular formula is C13H15Cl3Si. The smallest absolute Gasteiger partial charge is 0.122 e. The first kappa shape index (κ1) is 14.9. The van der Waals surface area contributed by atoms with Gasteiger partial charge in [0.25, 0.3) is 0 Å². The fraction of sp³-hybridized carbons (Fsp3) is 0.308. The summed E-state index contributed by atoms with van der Waals surface area (Å²) in [5.74, 6) is 0. The van der Waals surface area contributed by atoms with E-state index >= 15 is 0 Å². The van der Waals surface area contributed by atoms with Crippen LogP contribution in [0, 0.1) is 20.8 Å². The molecule has 0 aliphatic carbocycles. The van der Waals surface area contributed by atoms with E-state index in [9.17, 15) is 0 Å². The van der Waals surface area contributed by atoms with Gasteiger partial charge in [-0.3, -0.25) is 0 Å². The number of rotatable bonds is 2. The first-order valence-electron chi connectivity index (χ1n) is 5.34. The van der Waals surface area contributed by atoms with Crippen LogP contribution in [0.3, 0.4) is 0 Å². The van der Waals surface area contributed by atoms with Crippen LogP contribution in [0.2, 0.25) is 0 Å². The third-order valence-corrected chi connectivity index (χ3v) is 5.16. The predicted molar refractivity (Wildman–Crippen MR) is 81.1 cm³/mol. The number of hydrogen-bond acceptors (Lipinski definition) is 0. The third-order valence-electron chi connectivity index (χ3n) is 2.50. The second kappa shape index (κ2) is 5.64. The first-order chi connectivity index (χ1) is 7.77. The Morgan fingerprint density at radius 2 is 1.59 bits per heavy atom. The van der Waals surface area contributed by atoms with Crippen LogP contribution in [0.15, 0.2) is 23.9 Å². The highest BCUT2D eigenvalue weighted by Gasteiger charge is 2.33. The van der Waals surface area contributed by atoms with Gasteiger partial charge in [-0.2, -0.15) is 0 Å². The zero-order valence-electron chi connectivity index (χ0n) is 10.4. The molecule has 0 nitrogen and oxygen atoms in total. The lowest BCUT2D eigenvalue weighted by Gasteiger charge is -2.17. The van der Waals surface area contributed by atoms with Gasteiger partial charge in [0.15, 0.2) is 0 Å². The Morgan fingerprint density at radius 3 is 1.94 bits per heavy atom. The van der Waals surface area contributed by atoms with E-state index in [1.807, 2.05) is 20.8 Å².